The molecule has 1 amide bonds. The van der Waals surface area contributed by atoms with Crippen LogP contribution < -0.4 is 10.6 Å². The highest BCUT2D eigenvalue weighted by Gasteiger charge is 2.21. The predicted octanol–water partition coefficient (Wildman–Crippen LogP) is 3.25. The van der Waals surface area contributed by atoms with Crippen LogP contribution in [0.5, 0.6) is 0 Å². The number of aliphatic imine (C=N–C) groups is 1. The van der Waals surface area contributed by atoms with Gasteiger partial charge in [0.1, 0.15) is 5.60 Å². The van der Waals surface area contributed by atoms with Crippen molar-refractivity contribution in [3.8, 4) is 0 Å². The van der Waals surface area contributed by atoms with E-state index in [0.717, 1.165) is 64.6 Å². The largest absolute Gasteiger partial charge is 0.444 e. The third-order valence-electron chi connectivity index (χ3n) is 4.50. The summed E-state index contributed by atoms with van der Waals surface area (Å²) in [7, 11) is 1.74. The van der Waals surface area contributed by atoms with E-state index in [1.807, 2.05) is 20.8 Å². The van der Waals surface area contributed by atoms with Crippen LogP contribution >= 0.6 is 24.0 Å². The third kappa shape index (κ3) is 14.2. The standard InChI is InChI=1S/C21H42N4O4.HI/c1-6-12-25(20(26)29-21(2,3)4)13-11-24-19(22-5)23-10-7-14-28-17-18-8-15-27-16-9-18;/h18H,6-17H2,1-5H3,(H2,22,23,24);1H. The number of guanidine groups is 1. The highest BCUT2D eigenvalue weighted by molar-refractivity contribution is 14.0. The number of nitrogens with zero attached hydrogens (tertiary/aromatic N) is 2. The van der Waals surface area contributed by atoms with E-state index in [1.54, 1.807) is 11.9 Å². The van der Waals surface area contributed by atoms with Crippen molar-refractivity contribution in [2.75, 3.05) is 59.7 Å². The maximum absolute atomic E-state index is 12.3. The molecule has 0 atom stereocenters. The van der Waals surface area contributed by atoms with Crippen molar-refractivity contribution in [1.82, 2.24) is 15.5 Å². The Labute approximate surface area is 199 Å². The van der Waals surface area contributed by atoms with E-state index in [0.29, 0.717) is 25.6 Å². The van der Waals surface area contributed by atoms with Crippen molar-refractivity contribution in [3.05, 3.63) is 0 Å². The zero-order valence-electron chi connectivity index (χ0n) is 19.5. The van der Waals surface area contributed by atoms with E-state index in [4.69, 9.17) is 14.2 Å². The molecule has 1 fully saturated rings. The molecule has 1 aliphatic heterocycles. The fourth-order valence-corrected chi connectivity index (χ4v) is 2.96. The highest BCUT2D eigenvalue weighted by Crippen LogP contribution is 2.14. The molecular formula is C21H43IN4O4. The summed E-state index contributed by atoms with van der Waals surface area (Å²) in [6.45, 7) is 13.6. The summed E-state index contributed by atoms with van der Waals surface area (Å²) in [6.07, 6.45) is 3.75. The van der Waals surface area contributed by atoms with Gasteiger partial charge in [0.25, 0.3) is 0 Å². The molecule has 0 unspecified atom stereocenters. The van der Waals surface area contributed by atoms with Crippen molar-refractivity contribution < 1.29 is 19.0 Å². The molecule has 2 N–H and O–H groups in total. The molecule has 0 aliphatic carbocycles. The molecule has 0 bridgehead atoms. The number of rotatable bonds is 11. The van der Waals surface area contributed by atoms with Gasteiger partial charge >= 0.3 is 6.09 Å². The van der Waals surface area contributed by atoms with E-state index >= 15 is 0 Å². The van der Waals surface area contributed by atoms with Crippen LogP contribution in [0.1, 0.15) is 53.4 Å². The molecule has 0 aromatic rings. The van der Waals surface area contributed by atoms with Gasteiger partial charge in [-0.3, -0.25) is 4.99 Å². The van der Waals surface area contributed by atoms with Crippen molar-refractivity contribution in [3.63, 3.8) is 0 Å². The van der Waals surface area contributed by atoms with Gasteiger partial charge in [0.05, 0.1) is 0 Å². The first-order chi connectivity index (χ1) is 13.9. The van der Waals surface area contributed by atoms with Gasteiger partial charge in [-0.1, -0.05) is 6.92 Å². The Morgan fingerprint density at radius 3 is 2.43 bits per heavy atom. The lowest BCUT2D eigenvalue weighted by Gasteiger charge is -2.27. The van der Waals surface area contributed by atoms with Gasteiger partial charge < -0.3 is 29.7 Å². The fraction of sp³-hybridized carbons (Fsp3) is 0.905. The summed E-state index contributed by atoms with van der Waals surface area (Å²) in [6, 6.07) is 0. The summed E-state index contributed by atoms with van der Waals surface area (Å²) in [5, 5.41) is 6.54. The Kier molecular flexibility index (Phi) is 16.4. The van der Waals surface area contributed by atoms with Crippen molar-refractivity contribution in [2.45, 2.75) is 59.0 Å². The topological polar surface area (TPSA) is 84.4 Å². The molecule has 178 valence electrons. The van der Waals surface area contributed by atoms with Gasteiger partial charge in [-0.25, -0.2) is 4.79 Å². The van der Waals surface area contributed by atoms with Crippen LogP contribution in [0.15, 0.2) is 4.99 Å². The first kappa shape index (κ1) is 29.2. The van der Waals surface area contributed by atoms with Gasteiger partial charge in [0, 0.05) is 59.7 Å². The number of carbonyl (C=O) groups excluding carboxylic acids is 1. The molecular weight excluding hydrogens is 499 g/mol. The second kappa shape index (κ2) is 16.8. The van der Waals surface area contributed by atoms with Crippen LogP contribution in [-0.2, 0) is 14.2 Å². The molecule has 1 saturated heterocycles. The Morgan fingerprint density at radius 1 is 1.17 bits per heavy atom. The van der Waals surface area contributed by atoms with Crippen molar-refractivity contribution >= 4 is 36.0 Å². The monoisotopic (exact) mass is 542 g/mol. The molecule has 9 heteroatoms. The number of carbonyl (C=O) groups is 1. The van der Waals surface area contributed by atoms with Gasteiger partial charge in [-0.05, 0) is 52.4 Å². The Morgan fingerprint density at radius 2 is 1.83 bits per heavy atom. The fourth-order valence-electron chi connectivity index (χ4n) is 2.96. The first-order valence-electron chi connectivity index (χ1n) is 10.9. The Bertz CT molecular complexity index is 480. The molecule has 8 nitrogen and oxygen atoms in total. The third-order valence-corrected chi connectivity index (χ3v) is 4.50. The lowest BCUT2D eigenvalue weighted by Crippen LogP contribution is -2.44. The van der Waals surface area contributed by atoms with Crippen LogP contribution in [0.25, 0.3) is 0 Å². The maximum Gasteiger partial charge on any atom is 0.410 e. The second-order valence-corrected chi connectivity index (χ2v) is 8.38. The van der Waals surface area contributed by atoms with Crippen LogP contribution in [-0.4, -0.2) is 82.2 Å². The number of amides is 1. The van der Waals surface area contributed by atoms with Crippen LogP contribution in [0, 0.1) is 5.92 Å². The Balaban J connectivity index is 0.00000841. The van der Waals surface area contributed by atoms with E-state index in [1.165, 1.54) is 0 Å². The molecule has 30 heavy (non-hydrogen) atoms. The van der Waals surface area contributed by atoms with Crippen molar-refractivity contribution in [2.24, 2.45) is 10.9 Å². The summed E-state index contributed by atoms with van der Waals surface area (Å²) in [5.41, 5.74) is -0.485. The molecule has 0 radical (unpaired) electrons. The van der Waals surface area contributed by atoms with E-state index in [9.17, 15) is 4.79 Å². The van der Waals surface area contributed by atoms with Gasteiger partial charge in [0.15, 0.2) is 5.96 Å². The molecule has 0 aromatic carbocycles. The summed E-state index contributed by atoms with van der Waals surface area (Å²) < 4.78 is 16.6. The molecule has 0 spiro atoms. The van der Waals surface area contributed by atoms with Crippen LogP contribution in [0.4, 0.5) is 4.79 Å². The average Bonchev–Trinajstić information content (AvgIpc) is 2.67. The number of nitrogens with one attached hydrogen (secondary N) is 2. The minimum absolute atomic E-state index is 0. The highest BCUT2D eigenvalue weighted by atomic mass is 127. The molecule has 1 heterocycles. The lowest BCUT2D eigenvalue weighted by molar-refractivity contribution is 0.0203. The maximum atomic E-state index is 12.3. The molecule has 0 saturated carbocycles. The molecule has 1 rings (SSSR count). The second-order valence-electron chi connectivity index (χ2n) is 8.38. The average molecular weight is 543 g/mol. The minimum atomic E-state index is -0.485. The normalized spacial score (nSPS) is 15.3. The van der Waals surface area contributed by atoms with Gasteiger partial charge in [-0.15, -0.1) is 24.0 Å². The lowest BCUT2D eigenvalue weighted by atomic mass is 10.0. The minimum Gasteiger partial charge on any atom is -0.444 e. The summed E-state index contributed by atoms with van der Waals surface area (Å²) >= 11 is 0. The van der Waals surface area contributed by atoms with Gasteiger partial charge in [0.2, 0.25) is 0 Å². The van der Waals surface area contributed by atoms with Crippen molar-refractivity contribution in [1.29, 1.82) is 0 Å². The SMILES string of the molecule is CCCN(CCNC(=NC)NCCCOCC1CCOCC1)C(=O)OC(C)(C)C.I. The predicted molar refractivity (Wildman–Crippen MR) is 132 cm³/mol. The smallest absolute Gasteiger partial charge is 0.410 e. The number of hydrogen-bond acceptors (Lipinski definition) is 5. The summed E-state index contributed by atoms with van der Waals surface area (Å²) in [4.78, 5) is 18.3. The zero-order chi connectivity index (χ0) is 21.5. The number of ether oxygens (including phenoxy) is 3. The van der Waals surface area contributed by atoms with Crippen LogP contribution in [0.3, 0.4) is 0 Å². The summed E-state index contributed by atoms with van der Waals surface area (Å²) in [5.74, 6) is 1.37. The zero-order valence-corrected chi connectivity index (χ0v) is 21.8. The Hall–Kier alpha value is -0.810. The number of halogens is 1. The quantitative estimate of drug-likeness (QED) is 0.181. The first-order valence-corrected chi connectivity index (χ1v) is 10.9. The molecule has 0 aromatic heterocycles. The van der Waals surface area contributed by atoms with E-state index < -0.39 is 5.60 Å². The van der Waals surface area contributed by atoms with Gasteiger partial charge in [-0.2, -0.15) is 0 Å². The number of hydrogen-bond donors (Lipinski definition) is 2. The van der Waals surface area contributed by atoms with Crippen LogP contribution in [0.2, 0.25) is 0 Å². The van der Waals surface area contributed by atoms with E-state index in [2.05, 4.69) is 22.5 Å². The van der Waals surface area contributed by atoms with E-state index in [-0.39, 0.29) is 30.1 Å². The molecule has 1 aliphatic rings.